The summed E-state index contributed by atoms with van der Waals surface area (Å²) in [5.41, 5.74) is 1.23. The lowest BCUT2D eigenvalue weighted by Crippen LogP contribution is -2.40. The number of hydrogen-bond donors (Lipinski definition) is 1. The minimum Gasteiger partial charge on any atom is -0.468 e. The Hall–Kier alpha value is -0.840. The van der Waals surface area contributed by atoms with E-state index in [1.54, 1.807) is 0 Å². The van der Waals surface area contributed by atoms with Gasteiger partial charge in [-0.3, -0.25) is 4.90 Å². The SMILES string of the molecule is CC(C)CNCc1coc(CN2CCOC(C)C2)c1. The molecule has 4 nitrogen and oxygen atoms in total. The van der Waals surface area contributed by atoms with E-state index in [0.29, 0.717) is 12.0 Å². The molecule has 0 saturated carbocycles. The molecule has 4 heteroatoms. The Kier molecular flexibility index (Phi) is 5.43. The molecule has 1 unspecified atom stereocenters. The predicted molar refractivity (Wildman–Crippen MR) is 75.9 cm³/mol. The fourth-order valence-electron chi connectivity index (χ4n) is 2.36. The molecular weight excluding hydrogens is 240 g/mol. The lowest BCUT2D eigenvalue weighted by atomic mass is 10.2. The topological polar surface area (TPSA) is 37.6 Å². The Bertz CT molecular complexity index is 376. The van der Waals surface area contributed by atoms with E-state index < -0.39 is 0 Å². The third-order valence-corrected chi connectivity index (χ3v) is 3.29. The molecule has 19 heavy (non-hydrogen) atoms. The summed E-state index contributed by atoms with van der Waals surface area (Å²) in [4.78, 5) is 2.39. The molecule has 1 fully saturated rings. The number of rotatable bonds is 6. The van der Waals surface area contributed by atoms with Gasteiger partial charge in [0.25, 0.3) is 0 Å². The van der Waals surface area contributed by atoms with Gasteiger partial charge in [0.2, 0.25) is 0 Å². The van der Waals surface area contributed by atoms with Crippen LogP contribution in [-0.2, 0) is 17.8 Å². The normalized spacial score (nSPS) is 21.2. The maximum atomic E-state index is 5.64. The molecule has 1 aliphatic rings. The molecule has 1 saturated heterocycles. The van der Waals surface area contributed by atoms with Crippen molar-refractivity contribution in [1.82, 2.24) is 10.2 Å². The molecule has 0 aromatic carbocycles. The second-order valence-electron chi connectivity index (χ2n) is 5.86. The monoisotopic (exact) mass is 266 g/mol. The molecule has 1 aliphatic heterocycles. The maximum Gasteiger partial charge on any atom is 0.118 e. The summed E-state index contributed by atoms with van der Waals surface area (Å²) in [6, 6.07) is 2.16. The number of nitrogens with zero attached hydrogens (tertiary/aromatic N) is 1. The van der Waals surface area contributed by atoms with Gasteiger partial charge in [-0.2, -0.15) is 0 Å². The number of morpholine rings is 1. The summed E-state index contributed by atoms with van der Waals surface area (Å²) in [6.07, 6.45) is 2.20. The summed E-state index contributed by atoms with van der Waals surface area (Å²) >= 11 is 0. The van der Waals surface area contributed by atoms with Gasteiger partial charge in [0, 0.05) is 25.2 Å². The summed E-state index contributed by atoms with van der Waals surface area (Å²) < 4.78 is 11.2. The second-order valence-corrected chi connectivity index (χ2v) is 5.86. The van der Waals surface area contributed by atoms with Crippen molar-refractivity contribution in [1.29, 1.82) is 0 Å². The van der Waals surface area contributed by atoms with E-state index in [1.165, 1.54) is 5.56 Å². The number of ether oxygens (including phenoxy) is 1. The van der Waals surface area contributed by atoms with Crippen LogP contribution in [0.1, 0.15) is 32.1 Å². The summed E-state index contributed by atoms with van der Waals surface area (Å²) in [7, 11) is 0. The van der Waals surface area contributed by atoms with Crippen LogP contribution in [-0.4, -0.2) is 37.2 Å². The summed E-state index contributed by atoms with van der Waals surface area (Å²) in [6.45, 7) is 12.2. The molecule has 0 amide bonds. The highest BCUT2D eigenvalue weighted by Gasteiger charge is 2.17. The third-order valence-electron chi connectivity index (χ3n) is 3.29. The quantitative estimate of drug-likeness (QED) is 0.857. The van der Waals surface area contributed by atoms with Crippen molar-refractivity contribution in [2.45, 2.75) is 40.0 Å². The van der Waals surface area contributed by atoms with Gasteiger partial charge in [0.1, 0.15) is 5.76 Å². The van der Waals surface area contributed by atoms with Gasteiger partial charge in [0.05, 0.1) is 25.5 Å². The van der Waals surface area contributed by atoms with Gasteiger partial charge in [0.15, 0.2) is 0 Å². The van der Waals surface area contributed by atoms with Crippen LogP contribution in [0.3, 0.4) is 0 Å². The molecular formula is C15H26N2O2. The highest BCUT2D eigenvalue weighted by Crippen LogP contribution is 2.13. The van der Waals surface area contributed by atoms with Gasteiger partial charge in [-0.25, -0.2) is 0 Å². The first-order chi connectivity index (χ1) is 9.13. The molecule has 108 valence electrons. The molecule has 2 heterocycles. The molecule has 0 radical (unpaired) electrons. The number of hydrogen-bond acceptors (Lipinski definition) is 4. The Morgan fingerprint density at radius 1 is 1.47 bits per heavy atom. The predicted octanol–water partition coefficient (Wildman–Crippen LogP) is 2.25. The van der Waals surface area contributed by atoms with Gasteiger partial charge in [-0.15, -0.1) is 0 Å². The third kappa shape index (κ3) is 4.97. The fourth-order valence-corrected chi connectivity index (χ4v) is 2.36. The highest BCUT2D eigenvalue weighted by molar-refractivity contribution is 5.12. The summed E-state index contributed by atoms with van der Waals surface area (Å²) in [5.74, 6) is 1.73. The standard InChI is InChI=1S/C15H26N2O2/c1-12(2)7-16-8-14-6-15(19-11-14)10-17-4-5-18-13(3)9-17/h6,11-13,16H,4-5,7-10H2,1-3H3. The molecule has 0 spiro atoms. The van der Waals surface area contributed by atoms with Gasteiger partial charge in [-0.05, 0) is 25.5 Å². The Morgan fingerprint density at radius 2 is 2.32 bits per heavy atom. The molecule has 1 aromatic heterocycles. The van der Waals surface area contributed by atoms with Crippen molar-refractivity contribution >= 4 is 0 Å². The van der Waals surface area contributed by atoms with E-state index in [9.17, 15) is 0 Å². The van der Waals surface area contributed by atoms with E-state index in [2.05, 4.69) is 37.1 Å². The zero-order valence-corrected chi connectivity index (χ0v) is 12.3. The molecule has 0 bridgehead atoms. The first-order valence-electron chi connectivity index (χ1n) is 7.24. The van der Waals surface area contributed by atoms with Crippen LogP contribution in [0.5, 0.6) is 0 Å². The van der Waals surface area contributed by atoms with Crippen LogP contribution in [0.15, 0.2) is 16.7 Å². The van der Waals surface area contributed by atoms with E-state index in [0.717, 1.165) is 45.1 Å². The van der Waals surface area contributed by atoms with Gasteiger partial charge in [-0.1, -0.05) is 13.8 Å². The van der Waals surface area contributed by atoms with Crippen molar-refractivity contribution in [2.24, 2.45) is 5.92 Å². The zero-order valence-electron chi connectivity index (χ0n) is 12.3. The summed E-state index contributed by atoms with van der Waals surface area (Å²) in [5, 5.41) is 3.43. The Morgan fingerprint density at radius 3 is 3.05 bits per heavy atom. The second kappa shape index (κ2) is 7.08. The molecule has 1 atom stereocenters. The average Bonchev–Trinajstić information content (AvgIpc) is 2.76. The molecule has 0 aliphatic carbocycles. The minimum absolute atomic E-state index is 0.330. The van der Waals surface area contributed by atoms with Crippen LogP contribution >= 0.6 is 0 Å². The maximum absolute atomic E-state index is 5.64. The Labute approximate surface area is 116 Å². The average molecular weight is 266 g/mol. The van der Waals surface area contributed by atoms with E-state index in [1.807, 2.05) is 6.26 Å². The number of furan rings is 1. The molecule has 1 aromatic rings. The first kappa shape index (κ1) is 14.6. The van der Waals surface area contributed by atoms with Crippen LogP contribution < -0.4 is 5.32 Å². The van der Waals surface area contributed by atoms with Crippen LogP contribution in [0.2, 0.25) is 0 Å². The Balaban J connectivity index is 1.77. The lowest BCUT2D eigenvalue weighted by Gasteiger charge is -2.30. The van der Waals surface area contributed by atoms with Crippen molar-refractivity contribution in [3.8, 4) is 0 Å². The van der Waals surface area contributed by atoms with E-state index >= 15 is 0 Å². The van der Waals surface area contributed by atoms with E-state index in [-0.39, 0.29) is 0 Å². The lowest BCUT2D eigenvalue weighted by molar-refractivity contribution is -0.0230. The van der Waals surface area contributed by atoms with Crippen LogP contribution in [0, 0.1) is 5.92 Å². The van der Waals surface area contributed by atoms with Crippen molar-refractivity contribution in [2.75, 3.05) is 26.2 Å². The smallest absolute Gasteiger partial charge is 0.118 e. The number of nitrogens with one attached hydrogen (secondary N) is 1. The minimum atomic E-state index is 0.330. The van der Waals surface area contributed by atoms with Crippen LogP contribution in [0.4, 0.5) is 0 Å². The first-order valence-corrected chi connectivity index (χ1v) is 7.24. The molecule has 2 rings (SSSR count). The van der Waals surface area contributed by atoms with Gasteiger partial charge < -0.3 is 14.5 Å². The highest BCUT2D eigenvalue weighted by atomic mass is 16.5. The molecule has 1 N–H and O–H groups in total. The van der Waals surface area contributed by atoms with Gasteiger partial charge >= 0.3 is 0 Å². The fraction of sp³-hybridized carbons (Fsp3) is 0.733. The van der Waals surface area contributed by atoms with Crippen molar-refractivity contribution in [3.05, 3.63) is 23.7 Å². The zero-order chi connectivity index (χ0) is 13.7. The largest absolute Gasteiger partial charge is 0.468 e. The van der Waals surface area contributed by atoms with Crippen molar-refractivity contribution < 1.29 is 9.15 Å². The van der Waals surface area contributed by atoms with Crippen LogP contribution in [0.25, 0.3) is 0 Å². The van der Waals surface area contributed by atoms with Crippen molar-refractivity contribution in [3.63, 3.8) is 0 Å². The van der Waals surface area contributed by atoms with E-state index in [4.69, 9.17) is 9.15 Å².